The quantitative estimate of drug-likeness (QED) is 0.717. The van der Waals surface area contributed by atoms with E-state index in [0.29, 0.717) is 12.3 Å². The van der Waals surface area contributed by atoms with Gasteiger partial charge in [-0.15, -0.1) is 0 Å². The van der Waals surface area contributed by atoms with Gasteiger partial charge in [-0.3, -0.25) is 4.79 Å². The molecule has 4 rings (SSSR count). The highest BCUT2D eigenvalue weighted by Gasteiger charge is 2.54. The maximum absolute atomic E-state index is 13.2. The van der Waals surface area contributed by atoms with Crippen molar-refractivity contribution in [2.24, 2.45) is 5.92 Å². The van der Waals surface area contributed by atoms with E-state index < -0.39 is 16.1 Å². The smallest absolute Gasteiger partial charge is 0.252 e. The van der Waals surface area contributed by atoms with Gasteiger partial charge in [0.1, 0.15) is 11.9 Å². The number of fused-ring (bicyclic) bond motifs is 1. The van der Waals surface area contributed by atoms with Gasteiger partial charge in [-0.25, -0.2) is 8.42 Å². The highest BCUT2D eigenvalue weighted by Crippen LogP contribution is 2.37. The lowest BCUT2D eigenvalue weighted by atomic mass is 10.0. The molecule has 3 atom stereocenters. The number of hydrogen-bond acceptors (Lipinski definition) is 5. The second kappa shape index (κ2) is 7.78. The van der Waals surface area contributed by atoms with E-state index in [1.807, 2.05) is 30.3 Å². The van der Waals surface area contributed by atoms with Crippen LogP contribution in [0.15, 0.2) is 59.5 Å². The highest BCUT2D eigenvalue weighted by molar-refractivity contribution is 7.89. The van der Waals surface area contributed by atoms with E-state index in [1.54, 1.807) is 23.1 Å². The lowest BCUT2D eigenvalue weighted by Crippen LogP contribution is -2.40. The molecular formula is C21H24N2O5S. The Kier molecular flexibility index (Phi) is 5.33. The minimum absolute atomic E-state index is 0.0789. The van der Waals surface area contributed by atoms with Crippen molar-refractivity contribution in [2.75, 3.05) is 27.3 Å². The van der Waals surface area contributed by atoms with Crippen LogP contribution in [0, 0.1) is 5.92 Å². The Bertz CT molecular complexity index is 995. The lowest BCUT2D eigenvalue weighted by molar-refractivity contribution is -0.138. The molecule has 8 heteroatoms. The Labute approximate surface area is 170 Å². The first-order valence-electron chi connectivity index (χ1n) is 9.47. The van der Waals surface area contributed by atoms with Gasteiger partial charge in [0.15, 0.2) is 0 Å². The zero-order chi connectivity index (χ0) is 20.6. The molecule has 2 heterocycles. The van der Waals surface area contributed by atoms with Crippen molar-refractivity contribution in [3.05, 3.63) is 60.2 Å². The minimum Gasteiger partial charge on any atom is -0.497 e. The number of ether oxygens (including phenoxy) is 2. The highest BCUT2D eigenvalue weighted by atomic mass is 32.2. The zero-order valence-corrected chi connectivity index (χ0v) is 17.2. The second-order valence-electron chi connectivity index (χ2n) is 7.34. The molecule has 7 nitrogen and oxygen atoms in total. The van der Waals surface area contributed by atoms with E-state index in [0.717, 1.165) is 5.56 Å². The number of nitrogens with zero attached hydrogens (tertiary/aromatic N) is 2. The molecule has 154 valence electrons. The van der Waals surface area contributed by atoms with Gasteiger partial charge < -0.3 is 14.4 Å². The average molecular weight is 416 g/mol. The summed E-state index contributed by atoms with van der Waals surface area (Å²) in [5, 5.41) is 0. The molecular weight excluding hydrogens is 392 g/mol. The van der Waals surface area contributed by atoms with Crippen molar-refractivity contribution in [3.8, 4) is 5.75 Å². The molecule has 0 aliphatic carbocycles. The molecule has 0 bridgehead atoms. The first-order valence-corrected chi connectivity index (χ1v) is 10.9. The number of likely N-dealkylation sites (tertiary alicyclic amines) is 1. The lowest BCUT2D eigenvalue weighted by Gasteiger charge is -2.25. The van der Waals surface area contributed by atoms with Crippen LogP contribution in [0.2, 0.25) is 0 Å². The first-order chi connectivity index (χ1) is 14.0. The molecule has 2 aromatic rings. The van der Waals surface area contributed by atoms with Crippen LogP contribution in [0.1, 0.15) is 5.56 Å². The minimum atomic E-state index is -3.70. The number of methoxy groups -OCH3 is 2. The van der Waals surface area contributed by atoms with Crippen LogP contribution in [0.5, 0.6) is 5.75 Å². The first kappa shape index (κ1) is 19.9. The molecule has 29 heavy (non-hydrogen) atoms. The number of amides is 1. The van der Waals surface area contributed by atoms with Crippen LogP contribution >= 0.6 is 0 Å². The summed E-state index contributed by atoms with van der Waals surface area (Å²) in [7, 11) is -0.692. The Morgan fingerprint density at radius 1 is 1.03 bits per heavy atom. The predicted molar refractivity (Wildman–Crippen MR) is 107 cm³/mol. The van der Waals surface area contributed by atoms with E-state index in [1.165, 1.54) is 24.6 Å². The van der Waals surface area contributed by atoms with Crippen LogP contribution in [-0.2, 0) is 26.1 Å². The number of sulfonamides is 1. The van der Waals surface area contributed by atoms with Gasteiger partial charge in [-0.2, -0.15) is 4.31 Å². The fourth-order valence-electron chi connectivity index (χ4n) is 4.27. The van der Waals surface area contributed by atoms with E-state index >= 15 is 0 Å². The molecule has 1 amide bonds. The Morgan fingerprint density at radius 3 is 2.48 bits per heavy atom. The number of hydrogen-bond donors (Lipinski definition) is 0. The largest absolute Gasteiger partial charge is 0.497 e. The molecule has 0 unspecified atom stereocenters. The van der Waals surface area contributed by atoms with Gasteiger partial charge in [0, 0.05) is 38.7 Å². The van der Waals surface area contributed by atoms with Crippen molar-refractivity contribution in [1.29, 1.82) is 0 Å². The molecule has 2 fully saturated rings. The summed E-state index contributed by atoms with van der Waals surface area (Å²) in [5.74, 6) is 0.211. The number of rotatable bonds is 6. The molecule has 0 radical (unpaired) electrons. The van der Waals surface area contributed by atoms with Crippen LogP contribution in [-0.4, -0.2) is 63.0 Å². The van der Waals surface area contributed by atoms with E-state index in [2.05, 4.69) is 0 Å². The molecule has 2 saturated heterocycles. The molecule has 0 spiro atoms. The summed E-state index contributed by atoms with van der Waals surface area (Å²) >= 11 is 0. The Balaban J connectivity index is 1.60. The summed E-state index contributed by atoms with van der Waals surface area (Å²) in [5.41, 5.74) is 1.01. The summed E-state index contributed by atoms with van der Waals surface area (Å²) in [6.07, 6.45) is -0.630. The maximum Gasteiger partial charge on any atom is 0.252 e. The molecule has 2 aliphatic heterocycles. The molecule has 2 aromatic carbocycles. The monoisotopic (exact) mass is 416 g/mol. The van der Waals surface area contributed by atoms with E-state index in [4.69, 9.17) is 9.47 Å². The fourth-order valence-corrected chi connectivity index (χ4v) is 5.80. The summed E-state index contributed by atoms with van der Waals surface area (Å²) in [6.45, 7) is 0.941. The SMILES string of the molecule is COc1cccc(S(=O)(=O)N2C[C@@H]3[C@H](OC)C(=O)N(Cc4ccccc4)[C@@H]3C2)c1. The second-order valence-corrected chi connectivity index (χ2v) is 9.28. The van der Waals surface area contributed by atoms with E-state index in [-0.39, 0.29) is 35.9 Å². The molecule has 0 saturated carbocycles. The van der Waals surface area contributed by atoms with Gasteiger partial charge in [-0.1, -0.05) is 36.4 Å². The Hall–Kier alpha value is -2.42. The topological polar surface area (TPSA) is 76.1 Å². The summed E-state index contributed by atoms with van der Waals surface area (Å²) < 4.78 is 38.5. The zero-order valence-electron chi connectivity index (χ0n) is 16.4. The van der Waals surface area contributed by atoms with Crippen molar-refractivity contribution in [2.45, 2.75) is 23.6 Å². The van der Waals surface area contributed by atoms with Crippen LogP contribution in [0.25, 0.3) is 0 Å². The predicted octanol–water partition coefficient (Wildman–Crippen LogP) is 1.74. The van der Waals surface area contributed by atoms with Gasteiger partial charge in [-0.05, 0) is 17.7 Å². The third-order valence-corrected chi connectivity index (χ3v) is 7.57. The maximum atomic E-state index is 13.2. The van der Waals surface area contributed by atoms with Crippen LogP contribution in [0.4, 0.5) is 0 Å². The van der Waals surface area contributed by atoms with Gasteiger partial charge in [0.05, 0.1) is 18.0 Å². The summed E-state index contributed by atoms with van der Waals surface area (Å²) in [4.78, 5) is 14.8. The van der Waals surface area contributed by atoms with E-state index in [9.17, 15) is 13.2 Å². The average Bonchev–Trinajstić information content (AvgIpc) is 3.27. The van der Waals surface area contributed by atoms with Crippen LogP contribution in [0.3, 0.4) is 0 Å². The van der Waals surface area contributed by atoms with Crippen molar-refractivity contribution >= 4 is 15.9 Å². The van der Waals surface area contributed by atoms with Crippen LogP contribution < -0.4 is 4.74 Å². The van der Waals surface area contributed by atoms with Crippen molar-refractivity contribution < 1.29 is 22.7 Å². The number of carbonyl (C=O) groups excluding carboxylic acids is 1. The fraction of sp³-hybridized carbons (Fsp3) is 0.381. The van der Waals surface area contributed by atoms with Gasteiger partial charge >= 0.3 is 0 Å². The normalized spacial score (nSPS) is 24.7. The molecule has 0 aromatic heterocycles. The summed E-state index contributed by atoms with van der Waals surface area (Å²) in [6, 6.07) is 15.9. The third kappa shape index (κ3) is 3.52. The van der Waals surface area contributed by atoms with Gasteiger partial charge in [0.2, 0.25) is 10.0 Å². The number of carbonyl (C=O) groups is 1. The van der Waals surface area contributed by atoms with Crippen molar-refractivity contribution in [1.82, 2.24) is 9.21 Å². The molecule has 2 aliphatic rings. The van der Waals surface area contributed by atoms with Gasteiger partial charge in [0.25, 0.3) is 5.91 Å². The Morgan fingerprint density at radius 2 is 1.79 bits per heavy atom. The standard InChI is InChI=1S/C21H24N2O5S/c1-27-16-9-6-10-17(11-16)29(25,26)22-13-18-19(14-22)23(21(24)20(18)28-2)12-15-7-4-3-5-8-15/h3-11,18-20H,12-14H2,1-2H3/t18-,19+,20-/m0/s1. The van der Waals surface area contributed by atoms with Crippen molar-refractivity contribution in [3.63, 3.8) is 0 Å². The number of benzene rings is 2. The third-order valence-electron chi connectivity index (χ3n) is 5.74. The molecule has 0 N–H and O–H groups in total.